The van der Waals surface area contributed by atoms with Gasteiger partial charge in [0, 0.05) is 19.6 Å². The van der Waals surface area contributed by atoms with Gasteiger partial charge >= 0.3 is 0 Å². The molecule has 0 aromatic heterocycles. The lowest BCUT2D eigenvalue weighted by Crippen LogP contribution is -2.38. The number of benzene rings is 1. The van der Waals surface area contributed by atoms with Crippen molar-refractivity contribution in [1.82, 2.24) is 4.90 Å². The van der Waals surface area contributed by atoms with Crippen molar-refractivity contribution in [3.05, 3.63) is 23.8 Å². The number of fused-ring (bicyclic) bond motifs is 1. The fourth-order valence-corrected chi connectivity index (χ4v) is 2.40. The van der Waals surface area contributed by atoms with Crippen molar-refractivity contribution in [2.75, 3.05) is 46.1 Å². The van der Waals surface area contributed by atoms with Crippen molar-refractivity contribution in [3.8, 4) is 11.5 Å². The molecule has 0 spiro atoms. The predicted molar refractivity (Wildman–Crippen MR) is 69.7 cm³/mol. The lowest BCUT2D eigenvalue weighted by Gasteiger charge is -2.29. The van der Waals surface area contributed by atoms with Crippen LogP contribution in [0.4, 0.5) is 0 Å². The first-order valence-electron chi connectivity index (χ1n) is 6.70. The van der Waals surface area contributed by atoms with E-state index in [1.165, 1.54) is 0 Å². The first-order chi connectivity index (χ1) is 9.33. The van der Waals surface area contributed by atoms with Crippen LogP contribution in [0.15, 0.2) is 18.2 Å². The second kappa shape index (κ2) is 5.77. The van der Waals surface area contributed by atoms with Crippen LogP contribution in [0.1, 0.15) is 11.7 Å². The molecule has 1 atom stereocenters. The molecule has 0 radical (unpaired) electrons. The molecule has 3 rings (SSSR count). The van der Waals surface area contributed by atoms with E-state index in [0.29, 0.717) is 19.8 Å². The van der Waals surface area contributed by atoms with Gasteiger partial charge in [0.1, 0.15) is 13.2 Å². The average Bonchev–Trinajstić information content (AvgIpc) is 2.48. The molecule has 19 heavy (non-hydrogen) atoms. The topological polar surface area (TPSA) is 51.2 Å². The van der Waals surface area contributed by atoms with Gasteiger partial charge in [0.05, 0.1) is 19.3 Å². The van der Waals surface area contributed by atoms with E-state index in [2.05, 4.69) is 4.90 Å². The third-order valence-corrected chi connectivity index (χ3v) is 3.49. The minimum absolute atomic E-state index is 0.506. The molecule has 0 aliphatic carbocycles. The predicted octanol–water partition coefficient (Wildman–Crippen LogP) is 0.823. The standard InChI is InChI=1S/C14H19NO4/c16-12(10-15-3-5-17-6-4-15)11-1-2-13-14(9-11)19-8-7-18-13/h1-2,9,12,16H,3-8,10H2. The number of β-amino-alcohol motifs (C(OH)–C–C–N with tert-alkyl or cyclic N) is 1. The summed E-state index contributed by atoms with van der Waals surface area (Å²) < 4.78 is 16.3. The van der Waals surface area contributed by atoms with Crippen LogP contribution < -0.4 is 9.47 Å². The molecule has 2 aliphatic rings. The molecule has 1 aromatic carbocycles. The number of aliphatic hydroxyl groups is 1. The number of morpholine rings is 1. The molecule has 0 saturated carbocycles. The van der Waals surface area contributed by atoms with Gasteiger partial charge in [-0.15, -0.1) is 0 Å². The largest absolute Gasteiger partial charge is 0.486 e. The van der Waals surface area contributed by atoms with Crippen molar-refractivity contribution in [2.24, 2.45) is 0 Å². The summed E-state index contributed by atoms with van der Waals surface area (Å²) in [6, 6.07) is 5.64. The molecule has 1 saturated heterocycles. The van der Waals surface area contributed by atoms with Crippen LogP contribution >= 0.6 is 0 Å². The summed E-state index contributed by atoms with van der Waals surface area (Å²) >= 11 is 0. The molecular formula is C14H19NO4. The normalized spacial score (nSPS) is 21.1. The van der Waals surface area contributed by atoms with Crippen LogP contribution in [0.2, 0.25) is 0 Å². The van der Waals surface area contributed by atoms with Crippen LogP contribution in [0.25, 0.3) is 0 Å². The molecule has 104 valence electrons. The Morgan fingerprint density at radius 1 is 1.05 bits per heavy atom. The minimum atomic E-state index is -0.506. The number of rotatable bonds is 3. The van der Waals surface area contributed by atoms with E-state index < -0.39 is 6.10 Å². The van der Waals surface area contributed by atoms with E-state index in [9.17, 15) is 5.11 Å². The maximum Gasteiger partial charge on any atom is 0.161 e. The van der Waals surface area contributed by atoms with Crippen LogP contribution in [-0.4, -0.2) is 56.1 Å². The van der Waals surface area contributed by atoms with E-state index in [-0.39, 0.29) is 0 Å². The number of nitrogens with zero attached hydrogens (tertiary/aromatic N) is 1. The molecule has 1 aromatic rings. The summed E-state index contributed by atoms with van der Waals surface area (Å²) in [5.74, 6) is 1.48. The zero-order valence-corrected chi connectivity index (χ0v) is 10.9. The van der Waals surface area contributed by atoms with E-state index in [1.807, 2.05) is 18.2 Å². The van der Waals surface area contributed by atoms with Crippen molar-refractivity contribution in [3.63, 3.8) is 0 Å². The Bertz CT molecular complexity index is 431. The number of ether oxygens (including phenoxy) is 3. The molecule has 2 heterocycles. The highest BCUT2D eigenvalue weighted by Gasteiger charge is 2.19. The summed E-state index contributed by atoms with van der Waals surface area (Å²) in [6.45, 7) is 5.02. The Labute approximate surface area is 112 Å². The average molecular weight is 265 g/mol. The molecule has 1 unspecified atom stereocenters. The number of hydrogen-bond acceptors (Lipinski definition) is 5. The Kier molecular flexibility index (Phi) is 3.87. The quantitative estimate of drug-likeness (QED) is 0.877. The molecule has 0 bridgehead atoms. The van der Waals surface area contributed by atoms with Crippen LogP contribution in [0.5, 0.6) is 11.5 Å². The zero-order valence-electron chi connectivity index (χ0n) is 10.9. The van der Waals surface area contributed by atoms with Gasteiger partial charge in [-0.2, -0.15) is 0 Å². The van der Waals surface area contributed by atoms with Gasteiger partial charge in [0.15, 0.2) is 11.5 Å². The van der Waals surface area contributed by atoms with E-state index >= 15 is 0 Å². The van der Waals surface area contributed by atoms with Crippen LogP contribution in [0.3, 0.4) is 0 Å². The molecular weight excluding hydrogens is 246 g/mol. The van der Waals surface area contributed by atoms with Gasteiger partial charge in [0.25, 0.3) is 0 Å². The zero-order chi connectivity index (χ0) is 13.1. The SMILES string of the molecule is OC(CN1CCOCC1)c1ccc2c(c1)OCCO2. The molecule has 5 nitrogen and oxygen atoms in total. The van der Waals surface area contributed by atoms with Crippen LogP contribution in [-0.2, 0) is 4.74 Å². The van der Waals surface area contributed by atoms with Crippen molar-refractivity contribution < 1.29 is 19.3 Å². The summed E-state index contributed by atoms with van der Waals surface area (Å²) in [4.78, 5) is 2.21. The summed E-state index contributed by atoms with van der Waals surface area (Å²) in [7, 11) is 0. The second-order valence-corrected chi connectivity index (χ2v) is 4.83. The van der Waals surface area contributed by atoms with Crippen molar-refractivity contribution in [2.45, 2.75) is 6.10 Å². The van der Waals surface area contributed by atoms with Crippen LogP contribution in [0, 0.1) is 0 Å². The van der Waals surface area contributed by atoms with Gasteiger partial charge < -0.3 is 19.3 Å². The van der Waals surface area contributed by atoms with E-state index in [4.69, 9.17) is 14.2 Å². The summed E-state index contributed by atoms with van der Waals surface area (Å²) in [5.41, 5.74) is 0.871. The molecule has 2 aliphatic heterocycles. The first kappa shape index (κ1) is 12.7. The molecule has 0 amide bonds. The second-order valence-electron chi connectivity index (χ2n) is 4.83. The van der Waals surface area contributed by atoms with Gasteiger partial charge in [-0.05, 0) is 17.7 Å². The van der Waals surface area contributed by atoms with Gasteiger partial charge in [-0.3, -0.25) is 4.90 Å². The van der Waals surface area contributed by atoms with Gasteiger partial charge in [-0.25, -0.2) is 0 Å². The highest BCUT2D eigenvalue weighted by Crippen LogP contribution is 2.32. The Balaban J connectivity index is 1.67. The highest BCUT2D eigenvalue weighted by atomic mass is 16.6. The van der Waals surface area contributed by atoms with E-state index in [0.717, 1.165) is 43.4 Å². The Morgan fingerprint density at radius 3 is 2.58 bits per heavy atom. The molecule has 1 fully saturated rings. The van der Waals surface area contributed by atoms with Gasteiger partial charge in [-0.1, -0.05) is 6.07 Å². The maximum absolute atomic E-state index is 10.3. The number of aliphatic hydroxyl groups excluding tert-OH is 1. The lowest BCUT2D eigenvalue weighted by atomic mass is 10.1. The Hall–Kier alpha value is -1.30. The van der Waals surface area contributed by atoms with Crippen molar-refractivity contribution in [1.29, 1.82) is 0 Å². The smallest absolute Gasteiger partial charge is 0.161 e. The first-order valence-corrected chi connectivity index (χ1v) is 6.70. The minimum Gasteiger partial charge on any atom is -0.486 e. The number of hydrogen-bond donors (Lipinski definition) is 1. The monoisotopic (exact) mass is 265 g/mol. The Morgan fingerprint density at radius 2 is 1.79 bits per heavy atom. The molecule has 5 heteroatoms. The van der Waals surface area contributed by atoms with Crippen molar-refractivity contribution >= 4 is 0 Å². The summed E-state index contributed by atoms with van der Waals surface area (Å²) in [5, 5.41) is 10.3. The third kappa shape index (κ3) is 3.00. The van der Waals surface area contributed by atoms with E-state index in [1.54, 1.807) is 0 Å². The third-order valence-electron chi connectivity index (χ3n) is 3.49. The highest BCUT2D eigenvalue weighted by molar-refractivity contribution is 5.44. The molecule has 1 N–H and O–H groups in total. The maximum atomic E-state index is 10.3. The lowest BCUT2D eigenvalue weighted by molar-refractivity contribution is 0.0142. The fourth-order valence-electron chi connectivity index (χ4n) is 2.40. The summed E-state index contributed by atoms with van der Waals surface area (Å²) in [6.07, 6.45) is -0.506. The fraction of sp³-hybridized carbons (Fsp3) is 0.571. The van der Waals surface area contributed by atoms with Gasteiger partial charge in [0.2, 0.25) is 0 Å².